The Balaban J connectivity index is 1.67. The molecule has 0 saturated carbocycles. The Morgan fingerprint density at radius 3 is 2.61 bits per heavy atom. The van der Waals surface area contributed by atoms with Crippen molar-refractivity contribution in [1.82, 2.24) is 15.3 Å². The van der Waals surface area contributed by atoms with Crippen molar-refractivity contribution in [1.29, 1.82) is 0 Å². The van der Waals surface area contributed by atoms with Crippen molar-refractivity contribution in [2.24, 2.45) is 5.92 Å². The Labute approximate surface area is 138 Å². The van der Waals surface area contributed by atoms with Crippen molar-refractivity contribution < 1.29 is 4.74 Å². The highest BCUT2D eigenvalue weighted by molar-refractivity contribution is 5.54. The second-order valence-corrected chi connectivity index (χ2v) is 6.97. The number of morpholine rings is 1. The van der Waals surface area contributed by atoms with Gasteiger partial charge in [0.05, 0.1) is 18.9 Å². The van der Waals surface area contributed by atoms with Crippen LogP contribution >= 0.6 is 0 Å². The smallest absolute Gasteiger partial charge is 0.227 e. The number of ether oxygens (including phenoxy) is 1. The number of piperidine rings is 1. The molecule has 0 spiro atoms. The summed E-state index contributed by atoms with van der Waals surface area (Å²) in [6.07, 6.45) is 3.50. The Hall–Kier alpha value is -1.40. The molecule has 2 saturated heterocycles. The van der Waals surface area contributed by atoms with Crippen LogP contribution in [0.25, 0.3) is 0 Å². The van der Waals surface area contributed by atoms with Gasteiger partial charge < -0.3 is 19.9 Å². The fourth-order valence-corrected chi connectivity index (χ4v) is 3.70. The zero-order valence-electron chi connectivity index (χ0n) is 14.1. The lowest BCUT2D eigenvalue weighted by Gasteiger charge is -2.34. The molecular weight excluding hydrogens is 290 g/mol. The molecule has 0 atom stereocenters. The molecule has 4 heterocycles. The number of rotatable bonds is 2. The molecule has 6 heteroatoms. The summed E-state index contributed by atoms with van der Waals surface area (Å²) in [5.74, 6) is 2.91. The summed E-state index contributed by atoms with van der Waals surface area (Å²) in [6.45, 7) is 9.87. The quantitative estimate of drug-likeness (QED) is 0.884. The summed E-state index contributed by atoms with van der Waals surface area (Å²) in [4.78, 5) is 14.7. The molecule has 3 aliphatic rings. The van der Waals surface area contributed by atoms with E-state index in [9.17, 15) is 0 Å². The molecule has 0 amide bonds. The molecule has 0 unspecified atom stereocenters. The maximum Gasteiger partial charge on any atom is 0.227 e. The maximum atomic E-state index is 5.51. The number of nitrogens with one attached hydrogen (secondary N) is 1. The van der Waals surface area contributed by atoms with Crippen molar-refractivity contribution in [3.05, 3.63) is 11.3 Å². The molecule has 2 fully saturated rings. The van der Waals surface area contributed by atoms with E-state index < -0.39 is 0 Å². The van der Waals surface area contributed by atoms with E-state index in [-0.39, 0.29) is 0 Å². The van der Waals surface area contributed by atoms with Gasteiger partial charge in [-0.2, -0.15) is 4.98 Å². The third-order valence-corrected chi connectivity index (χ3v) is 5.28. The largest absolute Gasteiger partial charge is 0.378 e. The summed E-state index contributed by atoms with van der Waals surface area (Å²) >= 11 is 0. The van der Waals surface area contributed by atoms with Crippen molar-refractivity contribution >= 4 is 11.8 Å². The minimum Gasteiger partial charge on any atom is -0.378 e. The maximum absolute atomic E-state index is 5.51. The molecule has 126 valence electrons. The number of aromatic nitrogens is 2. The van der Waals surface area contributed by atoms with Gasteiger partial charge in [0, 0.05) is 51.3 Å². The van der Waals surface area contributed by atoms with E-state index in [1.54, 1.807) is 0 Å². The lowest BCUT2D eigenvalue weighted by atomic mass is 9.99. The third-order valence-electron chi connectivity index (χ3n) is 5.28. The SMILES string of the molecule is CC1CCN(c2nc3c(c(N4CCOCC4)n2)CNCC3)CC1. The lowest BCUT2D eigenvalue weighted by molar-refractivity contribution is 0.122. The van der Waals surface area contributed by atoms with Crippen LogP contribution in [0.3, 0.4) is 0 Å². The van der Waals surface area contributed by atoms with Gasteiger partial charge in [0.25, 0.3) is 0 Å². The molecule has 4 rings (SSSR count). The average Bonchev–Trinajstić information content (AvgIpc) is 2.62. The second kappa shape index (κ2) is 6.61. The van der Waals surface area contributed by atoms with Crippen LogP contribution in [-0.4, -0.2) is 55.9 Å². The second-order valence-electron chi connectivity index (χ2n) is 6.97. The lowest BCUT2D eigenvalue weighted by Crippen LogP contribution is -2.40. The highest BCUT2D eigenvalue weighted by atomic mass is 16.5. The van der Waals surface area contributed by atoms with Gasteiger partial charge in [-0.15, -0.1) is 0 Å². The van der Waals surface area contributed by atoms with E-state index in [0.717, 1.165) is 76.6 Å². The molecule has 6 nitrogen and oxygen atoms in total. The van der Waals surface area contributed by atoms with Crippen LogP contribution in [0.4, 0.5) is 11.8 Å². The molecule has 0 bridgehead atoms. The molecule has 23 heavy (non-hydrogen) atoms. The van der Waals surface area contributed by atoms with Crippen LogP contribution in [0.5, 0.6) is 0 Å². The highest BCUT2D eigenvalue weighted by Gasteiger charge is 2.26. The fraction of sp³-hybridized carbons (Fsp3) is 0.765. The van der Waals surface area contributed by atoms with Crippen LogP contribution in [0.1, 0.15) is 31.0 Å². The first-order valence-electron chi connectivity index (χ1n) is 8.99. The molecule has 3 aliphatic heterocycles. The first-order chi connectivity index (χ1) is 11.3. The van der Waals surface area contributed by atoms with Gasteiger partial charge in [0.15, 0.2) is 0 Å². The number of nitrogens with zero attached hydrogens (tertiary/aromatic N) is 4. The topological polar surface area (TPSA) is 53.5 Å². The molecule has 1 aromatic heterocycles. The van der Waals surface area contributed by atoms with Gasteiger partial charge in [-0.05, 0) is 18.8 Å². The minimum absolute atomic E-state index is 0.794. The zero-order valence-corrected chi connectivity index (χ0v) is 14.1. The first kappa shape index (κ1) is 15.1. The highest BCUT2D eigenvalue weighted by Crippen LogP contribution is 2.28. The normalized spacial score (nSPS) is 23.0. The molecule has 0 aromatic carbocycles. The Bertz CT molecular complexity index is 550. The van der Waals surface area contributed by atoms with Gasteiger partial charge in [0.1, 0.15) is 5.82 Å². The monoisotopic (exact) mass is 317 g/mol. The van der Waals surface area contributed by atoms with Crippen LogP contribution in [-0.2, 0) is 17.7 Å². The van der Waals surface area contributed by atoms with E-state index in [1.165, 1.54) is 24.1 Å². The number of hydrogen-bond donors (Lipinski definition) is 1. The predicted molar refractivity (Wildman–Crippen MR) is 91.1 cm³/mol. The average molecular weight is 317 g/mol. The predicted octanol–water partition coefficient (Wildman–Crippen LogP) is 1.20. The molecule has 1 aromatic rings. The van der Waals surface area contributed by atoms with Gasteiger partial charge in [-0.25, -0.2) is 4.98 Å². The minimum atomic E-state index is 0.794. The summed E-state index contributed by atoms with van der Waals surface area (Å²) < 4.78 is 5.51. The Morgan fingerprint density at radius 2 is 1.83 bits per heavy atom. The van der Waals surface area contributed by atoms with Crippen molar-refractivity contribution in [2.75, 3.05) is 55.7 Å². The molecule has 1 N–H and O–H groups in total. The molecule has 0 aliphatic carbocycles. The Kier molecular flexibility index (Phi) is 4.35. The summed E-state index contributed by atoms with van der Waals surface area (Å²) in [7, 11) is 0. The van der Waals surface area contributed by atoms with Crippen molar-refractivity contribution in [2.45, 2.75) is 32.7 Å². The molecular formula is C17H27N5O. The van der Waals surface area contributed by atoms with E-state index in [0.29, 0.717) is 0 Å². The van der Waals surface area contributed by atoms with Crippen molar-refractivity contribution in [3.63, 3.8) is 0 Å². The zero-order chi connectivity index (χ0) is 15.6. The van der Waals surface area contributed by atoms with Gasteiger partial charge in [-0.1, -0.05) is 6.92 Å². The van der Waals surface area contributed by atoms with Gasteiger partial charge >= 0.3 is 0 Å². The van der Waals surface area contributed by atoms with Gasteiger partial charge in [-0.3, -0.25) is 0 Å². The fourth-order valence-electron chi connectivity index (χ4n) is 3.70. The standard InChI is InChI=1S/C17H27N5O/c1-13-3-6-22(7-4-13)17-19-15-2-5-18-12-14(15)16(20-17)21-8-10-23-11-9-21/h13,18H,2-12H2,1H3. The summed E-state index contributed by atoms with van der Waals surface area (Å²) in [5.41, 5.74) is 2.54. The summed E-state index contributed by atoms with van der Waals surface area (Å²) in [6, 6.07) is 0. The summed E-state index contributed by atoms with van der Waals surface area (Å²) in [5, 5.41) is 3.47. The van der Waals surface area contributed by atoms with Gasteiger partial charge in [0.2, 0.25) is 5.95 Å². The van der Waals surface area contributed by atoms with E-state index in [1.807, 2.05) is 0 Å². The first-order valence-corrected chi connectivity index (χ1v) is 8.99. The van der Waals surface area contributed by atoms with Crippen LogP contribution in [0.15, 0.2) is 0 Å². The van der Waals surface area contributed by atoms with Crippen LogP contribution in [0, 0.1) is 5.92 Å². The van der Waals surface area contributed by atoms with E-state index in [4.69, 9.17) is 14.7 Å². The van der Waals surface area contributed by atoms with Crippen LogP contribution < -0.4 is 15.1 Å². The number of fused-ring (bicyclic) bond motifs is 1. The van der Waals surface area contributed by atoms with E-state index in [2.05, 4.69) is 22.0 Å². The van der Waals surface area contributed by atoms with Crippen LogP contribution in [0.2, 0.25) is 0 Å². The molecule has 0 radical (unpaired) electrons. The number of hydrogen-bond acceptors (Lipinski definition) is 6. The van der Waals surface area contributed by atoms with E-state index >= 15 is 0 Å². The number of anilines is 2. The third kappa shape index (κ3) is 3.15. The Morgan fingerprint density at radius 1 is 1.04 bits per heavy atom. The van der Waals surface area contributed by atoms with Crippen molar-refractivity contribution in [3.8, 4) is 0 Å².